The van der Waals surface area contributed by atoms with Crippen LogP contribution in [0.4, 0.5) is 0 Å². The quantitative estimate of drug-likeness (QED) is 0.397. The maximum absolute atomic E-state index is 12.5. The van der Waals surface area contributed by atoms with Gasteiger partial charge < -0.3 is 15.3 Å². The van der Waals surface area contributed by atoms with Crippen molar-refractivity contribution in [3.05, 3.63) is 53.1 Å². The smallest absolute Gasteiger partial charge is 0.200 e. The van der Waals surface area contributed by atoms with E-state index in [9.17, 15) is 20.1 Å². The van der Waals surface area contributed by atoms with Crippen LogP contribution >= 0.6 is 0 Å². The first-order chi connectivity index (χ1) is 12.5. The van der Waals surface area contributed by atoms with Crippen LogP contribution in [-0.4, -0.2) is 21.1 Å². The Kier molecular flexibility index (Phi) is 7.52. The number of benzene rings is 2. The molecule has 140 valence electrons. The third-order valence-electron chi connectivity index (χ3n) is 4.60. The summed E-state index contributed by atoms with van der Waals surface area (Å²) in [5, 5.41) is 29.4. The van der Waals surface area contributed by atoms with Crippen molar-refractivity contribution >= 4 is 5.78 Å². The van der Waals surface area contributed by atoms with E-state index in [0.717, 1.165) is 24.5 Å². The third kappa shape index (κ3) is 5.51. The Morgan fingerprint density at radius 3 is 1.96 bits per heavy atom. The molecule has 0 spiro atoms. The number of rotatable bonds is 10. The molecule has 0 unspecified atom stereocenters. The van der Waals surface area contributed by atoms with Crippen molar-refractivity contribution < 1.29 is 20.1 Å². The fourth-order valence-electron chi connectivity index (χ4n) is 3.07. The van der Waals surface area contributed by atoms with Crippen molar-refractivity contribution in [3.63, 3.8) is 0 Å². The van der Waals surface area contributed by atoms with E-state index in [1.54, 1.807) is 12.1 Å². The molecule has 0 radical (unpaired) electrons. The van der Waals surface area contributed by atoms with Gasteiger partial charge in [-0.15, -0.1) is 0 Å². The first kappa shape index (κ1) is 19.8. The molecule has 0 saturated heterocycles. The second-order valence-corrected chi connectivity index (χ2v) is 6.75. The number of aromatic hydroxyl groups is 3. The number of ketones is 1. The van der Waals surface area contributed by atoms with E-state index < -0.39 is 5.78 Å². The molecule has 0 bridgehead atoms. The predicted octanol–water partition coefficient (Wildman–Crippen LogP) is 5.33. The normalized spacial score (nSPS) is 10.8. The van der Waals surface area contributed by atoms with Crippen LogP contribution in [0.2, 0.25) is 0 Å². The summed E-state index contributed by atoms with van der Waals surface area (Å²) in [6, 6.07) is 8.86. The first-order valence-corrected chi connectivity index (χ1v) is 9.41. The van der Waals surface area contributed by atoms with Gasteiger partial charge >= 0.3 is 0 Å². The molecule has 3 N–H and O–H groups in total. The van der Waals surface area contributed by atoms with Crippen molar-refractivity contribution in [2.24, 2.45) is 0 Å². The van der Waals surface area contributed by atoms with Crippen LogP contribution in [0.15, 0.2) is 36.4 Å². The summed E-state index contributed by atoms with van der Waals surface area (Å²) in [6.45, 7) is 2.21. The molecule has 26 heavy (non-hydrogen) atoms. The van der Waals surface area contributed by atoms with Crippen LogP contribution in [0.1, 0.15) is 73.4 Å². The van der Waals surface area contributed by atoms with Gasteiger partial charge in [-0.2, -0.15) is 0 Å². The number of hydrogen-bond donors (Lipinski definition) is 3. The molecule has 0 heterocycles. The van der Waals surface area contributed by atoms with Gasteiger partial charge in [0.15, 0.2) is 5.78 Å². The van der Waals surface area contributed by atoms with Gasteiger partial charge in [-0.05, 0) is 42.7 Å². The number of phenolic OH excluding ortho intramolecular Hbond substituents is 3. The van der Waals surface area contributed by atoms with Crippen LogP contribution in [0.5, 0.6) is 17.2 Å². The molecule has 0 aromatic heterocycles. The zero-order valence-corrected chi connectivity index (χ0v) is 15.4. The highest BCUT2D eigenvalue weighted by Crippen LogP contribution is 2.29. The van der Waals surface area contributed by atoms with Gasteiger partial charge in [-0.1, -0.05) is 51.5 Å². The van der Waals surface area contributed by atoms with Gasteiger partial charge in [0.1, 0.15) is 17.2 Å². The predicted molar refractivity (Wildman–Crippen MR) is 103 cm³/mol. The Hall–Kier alpha value is -2.49. The van der Waals surface area contributed by atoms with Crippen molar-refractivity contribution in [1.29, 1.82) is 0 Å². The third-order valence-corrected chi connectivity index (χ3v) is 4.60. The molecule has 0 aliphatic carbocycles. The zero-order valence-electron chi connectivity index (χ0n) is 15.4. The van der Waals surface area contributed by atoms with Gasteiger partial charge in [-0.25, -0.2) is 0 Å². The average Bonchev–Trinajstić information content (AvgIpc) is 2.60. The zero-order chi connectivity index (χ0) is 18.9. The van der Waals surface area contributed by atoms with Gasteiger partial charge in [0.25, 0.3) is 0 Å². The molecule has 0 atom stereocenters. The second kappa shape index (κ2) is 9.85. The minimum absolute atomic E-state index is 0.0536. The Morgan fingerprint density at radius 2 is 1.35 bits per heavy atom. The summed E-state index contributed by atoms with van der Waals surface area (Å²) in [5.41, 5.74) is 1.20. The van der Waals surface area contributed by atoms with Crippen molar-refractivity contribution in [3.8, 4) is 17.2 Å². The minimum Gasteiger partial charge on any atom is -0.508 e. The lowest BCUT2D eigenvalue weighted by molar-refractivity contribution is 0.103. The van der Waals surface area contributed by atoms with Gasteiger partial charge in [0, 0.05) is 6.07 Å². The van der Waals surface area contributed by atoms with Crippen LogP contribution in [0.3, 0.4) is 0 Å². The highest BCUT2D eigenvalue weighted by Gasteiger charge is 2.17. The van der Waals surface area contributed by atoms with Crippen molar-refractivity contribution in [1.82, 2.24) is 0 Å². The summed E-state index contributed by atoms with van der Waals surface area (Å²) in [5.74, 6) is -0.972. The Balaban J connectivity index is 1.93. The van der Waals surface area contributed by atoms with E-state index in [2.05, 4.69) is 6.92 Å². The monoisotopic (exact) mass is 356 g/mol. The maximum Gasteiger partial charge on any atom is 0.200 e. The molecule has 4 heteroatoms. The molecular formula is C22H28O4. The van der Waals surface area contributed by atoms with E-state index in [0.29, 0.717) is 0 Å². The van der Waals surface area contributed by atoms with Crippen LogP contribution in [-0.2, 0) is 6.42 Å². The van der Waals surface area contributed by atoms with Crippen LogP contribution in [0.25, 0.3) is 0 Å². The summed E-state index contributed by atoms with van der Waals surface area (Å²) >= 11 is 0. The molecule has 0 saturated carbocycles. The molecule has 2 aromatic carbocycles. The fraction of sp³-hybridized carbons (Fsp3) is 0.409. The molecule has 0 aliphatic heterocycles. The molecule has 2 rings (SSSR count). The highest BCUT2D eigenvalue weighted by molar-refractivity contribution is 6.12. The summed E-state index contributed by atoms with van der Waals surface area (Å²) < 4.78 is 0. The van der Waals surface area contributed by atoms with Gasteiger partial charge in [0.2, 0.25) is 0 Å². The SMILES string of the molecule is CCCCCCCCCc1ccc(C(=O)c2ccc(O)cc2O)c(O)c1. The lowest BCUT2D eigenvalue weighted by Gasteiger charge is -2.08. The molecule has 0 fully saturated rings. The first-order valence-electron chi connectivity index (χ1n) is 9.41. The number of carbonyl (C=O) groups excluding carboxylic acids is 1. The molecule has 2 aromatic rings. The van der Waals surface area contributed by atoms with E-state index in [1.807, 2.05) is 6.07 Å². The summed E-state index contributed by atoms with van der Waals surface area (Å²) in [7, 11) is 0. The summed E-state index contributed by atoms with van der Waals surface area (Å²) in [4.78, 5) is 12.5. The Labute approximate surface area is 155 Å². The number of phenols is 3. The Morgan fingerprint density at radius 1 is 0.769 bits per heavy atom. The maximum atomic E-state index is 12.5. The van der Waals surface area contributed by atoms with Gasteiger partial charge in [-0.3, -0.25) is 4.79 Å². The van der Waals surface area contributed by atoms with E-state index in [-0.39, 0.29) is 28.4 Å². The number of aryl methyl sites for hydroxylation is 1. The van der Waals surface area contributed by atoms with Crippen LogP contribution < -0.4 is 0 Å². The molecule has 0 aliphatic rings. The number of hydrogen-bond acceptors (Lipinski definition) is 4. The van der Waals surface area contributed by atoms with Crippen LogP contribution in [0, 0.1) is 0 Å². The second-order valence-electron chi connectivity index (χ2n) is 6.75. The fourth-order valence-corrected chi connectivity index (χ4v) is 3.07. The van der Waals surface area contributed by atoms with Gasteiger partial charge in [0.05, 0.1) is 11.1 Å². The van der Waals surface area contributed by atoms with Crippen molar-refractivity contribution in [2.45, 2.75) is 58.3 Å². The average molecular weight is 356 g/mol. The van der Waals surface area contributed by atoms with E-state index >= 15 is 0 Å². The number of carbonyl (C=O) groups is 1. The van der Waals surface area contributed by atoms with Crippen molar-refractivity contribution in [2.75, 3.05) is 0 Å². The topological polar surface area (TPSA) is 77.8 Å². The lowest BCUT2D eigenvalue weighted by Crippen LogP contribution is -2.02. The molecule has 4 nitrogen and oxygen atoms in total. The van der Waals surface area contributed by atoms with E-state index in [4.69, 9.17) is 0 Å². The molecule has 0 amide bonds. The Bertz CT molecular complexity index is 737. The minimum atomic E-state index is -0.470. The largest absolute Gasteiger partial charge is 0.508 e. The summed E-state index contributed by atoms with van der Waals surface area (Å²) in [6.07, 6.45) is 9.50. The standard InChI is InChI=1S/C22H28O4/c1-2-3-4-5-6-7-8-9-16-10-12-18(20(24)14-16)22(26)19-13-11-17(23)15-21(19)25/h10-15,23-25H,2-9H2,1H3. The molecular weight excluding hydrogens is 328 g/mol. The lowest BCUT2D eigenvalue weighted by atomic mass is 9.98. The van der Waals surface area contributed by atoms with E-state index in [1.165, 1.54) is 50.7 Å². The number of unbranched alkanes of at least 4 members (excludes halogenated alkanes) is 6. The highest BCUT2D eigenvalue weighted by atomic mass is 16.3.